The highest BCUT2D eigenvalue weighted by molar-refractivity contribution is 5.94. The van der Waals surface area contributed by atoms with E-state index in [1.54, 1.807) is 4.90 Å². The van der Waals surface area contributed by atoms with Crippen LogP contribution in [0.4, 0.5) is 0 Å². The van der Waals surface area contributed by atoms with Gasteiger partial charge < -0.3 is 14.4 Å². The molecule has 0 fully saturated rings. The van der Waals surface area contributed by atoms with Gasteiger partial charge in [-0.3, -0.25) is 4.79 Å². The van der Waals surface area contributed by atoms with E-state index in [1.807, 2.05) is 51.2 Å². The summed E-state index contributed by atoms with van der Waals surface area (Å²) >= 11 is 0. The molecule has 0 aromatic heterocycles. The number of rotatable bonds is 5. The second kappa shape index (κ2) is 7.70. The highest BCUT2D eigenvalue weighted by Gasteiger charge is 2.22. The molecule has 2 aromatic carbocycles. The monoisotopic (exact) mass is 339 g/mol. The van der Waals surface area contributed by atoms with Crippen molar-refractivity contribution in [3.8, 4) is 5.75 Å². The Hall–Kier alpha value is -2.33. The van der Waals surface area contributed by atoms with Crippen molar-refractivity contribution in [1.82, 2.24) is 4.90 Å². The van der Waals surface area contributed by atoms with Gasteiger partial charge in [-0.15, -0.1) is 0 Å². The number of fused-ring (bicyclic) bond motifs is 1. The summed E-state index contributed by atoms with van der Waals surface area (Å²) < 4.78 is 11.5. The fourth-order valence-corrected chi connectivity index (χ4v) is 3.08. The van der Waals surface area contributed by atoms with Gasteiger partial charge in [0.1, 0.15) is 5.75 Å². The van der Waals surface area contributed by atoms with Gasteiger partial charge in [-0.2, -0.15) is 0 Å². The summed E-state index contributed by atoms with van der Waals surface area (Å²) in [5.74, 6) is 0.778. The summed E-state index contributed by atoms with van der Waals surface area (Å²) in [5.41, 5.74) is 3.22. The SMILES string of the molecule is CC(C)Oc1ccc(C(=O)N(C)CC2Cc3ccccc3CO2)cc1. The molecule has 132 valence electrons. The van der Waals surface area contributed by atoms with Gasteiger partial charge in [0.05, 0.1) is 18.8 Å². The van der Waals surface area contributed by atoms with E-state index in [0.29, 0.717) is 18.7 Å². The van der Waals surface area contributed by atoms with Gasteiger partial charge in [0.25, 0.3) is 5.91 Å². The average Bonchev–Trinajstić information content (AvgIpc) is 2.61. The highest BCUT2D eigenvalue weighted by Crippen LogP contribution is 2.21. The summed E-state index contributed by atoms with van der Waals surface area (Å²) in [7, 11) is 1.82. The van der Waals surface area contributed by atoms with E-state index in [9.17, 15) is 4.79 Å². The molecule has 0 aliphatic carbocycles. The number of likely N-dealkylation sites (N-methyl/N-ethyl adjacent to an activating group) is 1. The number of carbonyl (C=O) groups is 1. The van der Waals surface area contributed by atoms with Crippen molar-refractivity contribution in [3.63, 3.8) is 0 Å². The molecule has 1 atom stereocenters. The van der Waals surface area contributed by atoms with Crippen LogP contribution in [-0.2, 0) is 17.8 Å². The second-order valence-corrected chi connectivity index (χ2v) is 6.78. The van der Waals surface area contributed by atoms with Crippen LogP contribution in [0.3, 0.4) is 0 Å². The minimum atomic E-state index is -0.00134. The lowest BCUT2D eigenvalue weighted by Gasteiger charge is -2.29. The fraction of sp³-hybridized carbons (Fsp3) is 0.381. The molecule has 1 unspecified atom stereocenters. The molecule has 0 saturated heterocycles. The normalized spacial score (nSPS) is 16.4. The van der Waals surface area contributed by atoms with Crippen molar-refractivity contribution in [2.45, 2.75) is 39.1 Å². The van der Waals surface area contributed by atoms with Gasteiger partial charge >= 0.3 is 0 Å². The molecule has 0 saturated carbocycles. The van der Waals surface area contributed by atoms with Crippen molar-refractivity contribution in [1.29, 1.82) is 0 Å². The van der Waals surface area contributed by atoms with Gasteiger partial charge in [0, 0.05) is 25.6 Å². The fourth-order valence-electron chi connectivity index (χ4n) is 3.08. The third-order valence-electron chi connectivity index (χ3n) is 4.34. The minimum absolute atomic E-state index is 0.00134. The molecular weight excluding hydrogens is 314 g/mol. The molecule has 1 aliphatic rings. The molecule has 0 bridgehead atoms. The lowest BCUT2D eigenvalue weighted by atomic mass is 9.99. The largest absolute Gasteiger partial charge is 0.491 e. The molecular formula is C21H25NO3. The molecule has 1 heterocycles. The summed E-state index contributed by atoms with van der Waals surface area (Å²) in [4.78, 5) is 14.4. The van der Waals surface area contributed by atoms with Crippen LogP contribution < -0.4 is 4.74 Å². The molecule has 3 rings (SSSR count). The number of benzene rings is 2. The number of amides is 1. The van der Waals surface area contributed by atoms with E-state index >= 15 is 0 Å². The summed E-state index contributed by atoms with van der Waals surface area (Å²) in [6, 6.07) is 15.6. The van der Waals surface area contributed by atoms with Gasteiger partial charge in [-0.05, 0) is 49.2 Å². The molecule has 0 N–H and O–H groups in total. The predicted molar refractivity (Wildman–Crippen MR) is 97.9 cm³/mol. The van der Waals surface area contributed by atoms with Crippen LogP contribution in [0.5, 0.6) is 5.75 Å². The van der Waals surface area contributed by atoms with Crippen LogP contribution in [0.25, 0.3) is 0 Å². The van der Waals surface area contributed by atoms with Gasteiger partial charge in [0.2, 0.25) is 0 Å². The Kier molecular flexibility index (Phi) is 5.39. The molecule has 1 amide bonds. The average molecular weight is 339 g/mol. The van der Waals surface area contributed by atoms with E-state index in [0.717, 1.165) is 12.2 Å². The maximum Gasteiger partial charge on any atom is 0.253 e. The van der Waals surface area contributed by atoms with E-state index in [1.165, 1.54) is 11.1 Å². The molecule has 4 nitrogen and oxygen atoms in total. The maximum absolute atomic E-state index is 12.6. The number of hydrogen-bond acceptors (Lipinski definition) is 3. The third-order valence-corrected chi connectivity index (χ3v) is 4.34. The van der Waals surface area contributed by atoms with Gasteiger partial charge in [-0.1, -0.05) is 24.3 Å². The Morgan fingerprint density at radius 1 is 1.16 bits per heavy atom. The summed E-state index contributed by atoms with van der Waals surface area (Å²) in [6.45, 7) is 5.16. The molecule has 4 heteroatoms. The van der Waals surface area contributed by atoms with Crippen molar-refractivity contribution < 1.29 is 14.3 Å². The molecule has 2 aromatic rings. The molecule has 25 heavy (non-hydrogen) atoms. The van der Waals surface area contributed by atoms with Crippen molar-refractivity contribution in [2.75, 3.05) is 13.6 Å². The third kappa shape index (κ3) is 4.40. The second-order valence-electron chi connectivity index (χ2n) is 6.78. The van der Waals surface area contributed by atoms with Gasteiger partial charge in [0.15, 0.2) is 0 Å². The number of ether oxygens (including phenoxy) is 2. The van der Waals surface area contributed by atoms with E-state index in [-0.39, 0.29) is 18.1 Å². The first-order chi connectivity index (χ1) is 12.0. The zero-order chi connectivity index (χ0) is 17.8. The van der Waals surface area contributed by atoms with Crippen LogP contribution in [0.15, 0.2) is 48.5 Å². The zero-order valence-electron chi connectivity index (χ0n) is 15.1. The standard InChI is InChI=1S/C21H25NO3/c1-15(2)25-19-10-8-16(9-11-19)21(23)22(3)13-20-12-17-6-4-5-7-18(17)14-24-20/h4-11,15,20H,12-14H2,1-3H3. The summed E-state index contributed by atoms with van der Waals surface area (Å²) in [6.07, 6.45) is 0.998. The Morgan fingerprint density at radius 3 is 2.52 bits per heavy atom. The Morgan fingerprint density at radius 2 is 1.84 bits per heavy atom. The number of nitrogens with zero attached hydrogens (tertiary/aromatic N) is 1. The van der Waals surface area contributed by atoms with Crippen molar-refractivity contribution >= 4 is 5.91 Å². The molecule has 0 radical (unpaired) electrons. The first kappa shape index (κ1) is 17.5. The predicted octanol–water partition coefficient (Wildman–Crippen LogP) is 3.69. The van der Waals surface area contributed by atoms with Crippen LogP contribution in [0.1, 0.15) is 35.3 Å². The van der Waals surface area contributed by atoms with Crippen molar-refractivity contribution in [3.05, 3.63) is 65.2 Å². The van der Waals surface area contributed by atoms with E-state index in [2.05, 4.69) is 18.2 Å². The molecule has 0 spiro atoms. The van der Waals surface area contributed by atoms with Crippen molar-refractivity contribution in [2.24, 2.45) is 0 Å². The number of carbonyl (C=O) groups excluding carboxylic acids is 1. The smallest absolute Gasteiger partial charge is 0.253 e. The highest BCUT2D eigenvalue weighted by atomic mass is 16.5. The topological polar surface area (TPSA) is 38.8 Å². The lowest BCUT2D eigenvalue weighted by Crippen LogP contribution is -2.38. The molecule has 1 aliphatic heterocycles. The Balaban J connectivity index is 1.59. The summed E-state index contributed by atoms with van der Waals surface area (Å²) in [5, 5.41) is 0. The van der Waals surface area contributed by atoms with Crippen LogP contribution >= 0.6 is 0 Å². The van der Waals surface area contributed by atoms with E-state index in [4.69, 9.17) is 9.47 Å². The van der Waals surface area contributed by atoms with Crippen LogP contribution in [0, 0.1) is 0 Å². The van der Waals surface area contributed by atoms with Gasteiger partial charge in [-0.25, -0.2) is 0 Å². The minimum Gasteiger partial charge on any atom is -0.491 e. The lowest BCUT2D eigenvalue weighted by molar-refractivity contribution is 0.00985. The maximum atomic E-state index is 12.6. The Labute approximate surface area is 149 Å². The van der Waals surface area contributed by atoms with Crippen LogP contribution in [0.2, 0.25) is 0 Å². The first-order valence-electron chi connectivity index (χ1n) is 8.73. The quantitative estimate of drug-likeness (QED) is 0.834. The zero-order valence-corrected chi connectivity index (χ0v) is 15.1. The number of hydrogen-bond donors (Lipinski definition) is 0. The van der Waals surface area contributed by atoms with E-state index < -0.39 is 0 Å². The first-order valence-corrected chi connectivity index (χ1v) is 8.73. The Bertz CT molecular complexity index is 724. The van der Waals surface area contributed by atoms with Crippen LogP contribution in [-0.4, -0.2) is 36.6 Å².